The average Bonchev–Trinajstić information content (AvgIpc) is 2.79. The van der Waals surface area contributed by atoms with Crippen LogP contribution >= 0.6 is 11.6 Å². The highest BCUT2D eigenvalue weighted by molar-refractivity contribution is 6.30. The first-order valence-corrected chi connectivity index (χ1v) is 9.68. The molecular weight excluding hydrogens is 400 g/mol. The van der Waals surface area contributed by atoms with Crippen LogP contribution in [0, 0.1) is 0 Å². The summed E-state index contributed by atoms with van der Waals surface area (Å²) in [6.45, 7) is 0.343. The minimum Gasteiger partial charge on any atom is -0.497 e. The zero-order valence-corrected chi connectivity index (χ0v) is 17.1. The maximum absolute atomic E-state index is 12.8. The highest BCUT2D eigenvalue weighted by atomic mass is 35.5. The number of hydrogen-bond acceptors (Lipinski definition) is 3. The van der Waals surface area contributed by atoms with E-state index in [2.05, 4.69) is 10.6 Å². The second-order valence-corrected chi connectivity index (χ2v) is 6.90. The number of amides is 2. The Balaban J connectivity index is 1.79. The van der Waals surface area contributed by atoms with Gasteiger partial charge in [0.2, 0.25) is 0 Å². The molecule has 0 aliphatic heterocycles. The van der Waals surface area contributed by atoms with E-state index >= 15 is 0 Å². The fourth-order valence-corrected chi connectivity index (χ4v) is 2.82. The lowest BCUT2D eigenvalue weighted by Crippen LogP contribution is -2.34. The average molecular weight is 421 g/mol. The number of carbonyl (C=O) groups is 2. The monoisotopic (exact) mass is 420 g/mol. The molecule has 6 heteroatoms. The number of benzene rings is 3. The summed E-state index contributed by atoms with van der Waals surface area (Å²) in [5.74, 6) is -0.146. The normalized spacial score (nSPS) is 10.9. The number of hydrogen-bond donors (Lipinski definition) is 2. The molecule has 0 radical (unpaired) electrons. The number of nitrogens with one attached hydrogen (secondary N) is 2. The van der Waals surface area contributed by atoms with E-state index in [-0.39, 0.29) is 5.70 Å². The number of halogens is 1. The summed E-state index contributed by atoms with van der Waals surface area (Å²) in [4.78, 5) is 25.5. The van der Waals surface area contributed by atoms with Crippen molar-refractivity contribution in [3.8, 4) is 5.75 Å². The van der Waals surface area contributed by atoms with Crippen LogP contribution < -0.4 is 15.4 Å². The Bertz CT molecular complexity index is 1030. The lowest BCUT2D eigenvalue weighted by atomic mass is 10.1. The predicted molar refractivity (Wildman–Crippen MR) is 118 cm³/mol. The molecule has 0 aliphatic rings. The Hall–Kier alpha value is -3.57. The molecule has 0 saturated carbocycles. The van der Waals surface area contributed by atoms with Gasteiger partial charge < -0.3 is 15.4 Å². The predicted octanol–water partition coefficient (Wildman–Crippen LogP) is 4.44. The molecule has 0 spiro atoms. The third-order valence-electron chi connectivity index (χ3n) is 4.32. The van der Waals surface area contributed by atoms with Gasteiger partial charge in [-0.1, -0.05) is 54.1 Å². The quantitative estimate of drug-likeness (QED) is 0.555. The van der Waals surface area contributed by atoms with Gasteiger partial charge in [0.25, 0.3) is 11.8 Å². The summed E-state index contributed by atoms with van der Waals surface area (Å²) in [5, 5.41) is 6.13. The van der Waals surface area contributed by atoms with Crippen molar-refractivity contribution in [2.75, 3.05) is 7.11 Å². The van der Waals surface area contributed by atoms with Gasteiger partial charge in [0.15, 0.2) is 0 Å². The van der Waals surface area contributed by atoms with E-state index in [1.54, 1.807) is 61.7 Å². The molecule has 0 unspecified atom stereocenters. The third-order valence-corrected chi connectivity index (χ3v) is 4.57. The standard InChI is InChI=1S/C24H21ClN2O3/c1-30-21-13-9-19(10-14-21)23(28)27-22(15-17-7-11-20(25)12-8-17)24(29)26-16-18-5-3-2-4-6-18/h2-15H,16H2,1H3,(H,26,29)(H,27,28). The summed E-state index contributed by atoms with van der Waals surface area (Å²) in [7, 11) is 1.55. The number of ether oxygens (including phenoxy) is 1. The molecule has 30 heavy (non-hydrogen) atoms. The van der Waals surface area contributed by atoms with E-state index in [0.29, 0.717) is 22.9 Å². The Kier molecular flexibility index (Phi) is 7.24. The first-order valence-electron chi connectivity index (χ1n) is 9.30. The van der Waals surface area contributed by atoms with Crippen LogP contribution in [0.3, 0.4) is 0 Å². The van der Waals surface area contributed by atoms with Crippen LogP contribution in [-0.2, 0) is 11.3 Å². The first-order chi connectivity index (χ1) is 14.5. The van der Waals surface area contributed by atoms with Crippen molar-refractivity contribution in [1.29, 1.82) is 0 Å². The van der Waals surface area contributed by atoms with Crippen molar-refractivity contribution in [2.45, 2.75) is 6.54 Å². The van der Waals surface area contributed by atoms with Gasteiger partial charge in [-0.15, -0.1) is 0 Å². The molecule has 0 aromatic heterocycles. The molecule has 3 aromatic rings. The van der Waals surface area contributed by atoms with Gasteiger partial charge in [0.1, 0.15) is 11.4 Å². The smallest absolute Gasteiger partial charge is 0.268 e. The lowest BCUT2D eigenvalue weighted by Gasteiger charge is -2.12. The highest BCUT2D eigenvalue weighted by Crippen LogP contribution is 2.14. The minimum atomic E-state index is -0.396. The SMILES string of the molecule is COc1ccc(C(=O)NC(=Cc2ccc(Cl)cc2)C(=O)NCc2ccccc2)cc1. The van der Waals surface area contributed by atoms with Crippen molar-refractivity contribution < 1.29 is 14.3 Å². The van der Waals surface area contributed by atoms with Gasteiger partial charge in [0.05, 0.1) is 7.11 Å². The highest BCUT2D eigenvalue weighted by Gasteiger charge is 2.15. The molecule has 0 fully saturated rings. The molecular formula is C24H21ClN2O3. The first kappa shape index (κ1) is 21.1. The molecule has 2 amide bonds. The summed E-state index contributed by atoms with van der Waals surface area (Å²) < 4.78 is 5.11. The summed E-state index contributed by atoms with van der Waals surface area (Å²) in [6, 6.07) is 23.2. The molecule has 2 N–H and O–H groups in total. The van der Waals surface area contributed by atoms with Crippen molar-refractivity contribution >= 4 is 29.5 Å². The summed E-state index contributed by atoms with van der Waals surface area (Å²) in [5.41, 5.74) is 2.24. The second kappa shape index (κ2) is 10.3. The molecule has 152 valence electrons. The molecule has 0 heterocycles. The van der Waals surface area contributed by atoms with Gasteiger partial charge in [-0.25, -0.2) is 0 Å². The molecule has 0 aliphatic carbocycles. The van der Waals surface area contributed by atoms with Crippen LogP contribution in [0.1, 0.15) is 21.5 Å². The Morgan fingerprint density at radius 2 is 1.60 bits per heavy atom. The Morgan fingerprint density at radius 1 is 0.933 bits per heavy atom. The van der Waals surface area contributed by atoms with E-state index in [1.807, 2.05) is 30.3 Å². The fourth-order valence-electron chi connectivity index (χ4n) is 2.69. The van der Waals surface area contributed by atoms with Crippen LogP contribution in [0.2, 0.25) is 5.02 Å². The van der Waals surface area contributed by atoms with Crippen molar-refractivity contribution in [3.05, 3.63) is 106 Å². The molecule has 3 rings (SSSR count). The van der Waals surface area contributed by atoms with Gasteiger partial charge >= 0.3 is 0 Å². The second-order valence-electron chi connectivity index (χ2n) is 6.46. The third kappa shape index (κ3) is 5.96. The molecule has 5 nitrogen and oxygen atoms in total. The van der Waals surface area contributed by atoms with Crippen LogP contribution in [0.15, 0.2) is 84.6 Å². The van der Waals surface area contributed by atoms with Crippen LogP contribution in [0.5, 0.6) is 5.75 Å². The van der Waals surface area contributed by atoms with Crippen LogP contribution in [0.4, 0.5) is 0 Å². The number of methoxy groups -OCH3 is 1. The largest absolute Gasteiger partial charge is 0.497 e. The van der Waals surface area contributed by atoms with Gasteiger partial charge in [-0.2, -0.15) is 0 Å². The van der Waals surface area contributed by atoms with E-state index in [0.717, 1.165) is 11.1 Å². The number of carbonyl (C=O) groups excluding carboxylic acids is 2. The van der Waals surface area contributed by atoms with Crippen molar-refractivity contribution in [3.63, 3.8) is 0 Å². The lowest BCUT2D eigenvalue weighted by molar-refractivity contribution is -0.117. The molecule has 0 atom stereocenters. The van der Waals surface area contributed by atoms with Crippen molar-refractivity contribution in [2.24, 2.45) is 0 Å². The summed E-state index contributed by atoms with van der Waals surface area (Å²) in [6.07, 6.45) is 1.61. The number of rotatable bonds is 7. The topological polar surface area (TPSA) is 67.4 Å². The summed E-state index contributed by atoms with van der Waals surface area (Å²) >= 11 is 5.94. The van der Waals surface area contributed by atoms with Crippen LogP contribution in [0.25, 0.3) is 6.08 Å². The van der Waals surface area contributed by atoms with E-state index in [9.17, 15) is 9.59 Å². The zero-order valence-electron chi connectivity index (χ0n) is 16.4. The van der Waals surface area contributed by atoms with Gasteiger partial charge in [-0.05, 0) is 53.6 Å². The van der Waals surface area contributed by atoms with E-state index in [4.69, 9.17) is 16.3 Å². The molecule has 3 aromatic carbocycles. The van der Waals surface area contributed by atoms with Crippen molar-refractivity contribution in [1.82, 2.24) is 10.6 Å². The fraction of sp³-hybridized carbons (Fsp3) is 0.0833. The van der Waals surface area contributed by atoms with Gasteiger partial charge in [-0.3, -0.25) is 9.59 Å². The Morgan fingerprint density at radius 3 is 2.23 bits per heavy atom. The minimum absolute atomic E-state index is 0.133. The van der Waals surface area contributed by atoms with Crippen LogP contribution in [-0.4, -0.2) is 18.9 Å². The molecule has 0 saturated heterocycles. The van der Waals surface area contributed by atoms with Gasteiger partial charge in [0, 0.05) is 17.1 Å². The molecule has 0 bridgehead atoms. The zero-order chi connectivity index (χ0) is 21.3. The maximum atomic E-state index is 12.8. The van der Waals surface area contributed by atoms with E-state index in [1.165, 1.54) is 0 Å². The maximum Gasteiger partial charge on any atom is 0.268 e. The van der Waals surface area contributed by atoms with E-state index < -0.39 is 11.8 Å². The Labute approximate surface area is 180 Å².